The summed E-state index contributed by atoms with van der Waals surface area (Å²) in [7, 11) is 0. The third-order valence-electron chi connectivity index (χ3n) is 3.74. The standard InChI is InChI=1S/C17H22N2O4/c20-15(7-4-10-18-16(21)13-8-9-13)19-14(17(22)23)11-12-5-2-1-3-6-12/h1-3,5-6,13-14H,4,7-11H2,(H,18,21)(H,19,20)(H,22,23). The van der Waals surface area contributed by atoms with Crippen LogP contribution in [0.25, 0.3) is 0 Å². The van der Waals surface area contributed by atoms with Crippen LogP contribution in [0.15, 0.2) is 30.3 Å². The van der Waals surface area contributed by atoms with Crippen molar-refractivity contribution in [2.45, 2.75) is 38.1 Å². The molecule has 0 aliphatic heterocycles. The first-order valence-electron chi connectivity index (χ1n) is 7.90. The highest BCUT2D eigenvalue weighted by Crippen LogP contribution is 2.28. The highest BCUT2D eigenvalue weighted by atomic mass is 16.4. The molecule has 2 rings (SSSR count). The van der Waals surface area contributed by atoms with Gasteiger partial charge in [0.25, 0.3) is 0 Å². The summed E-state index contributed by atoms with van der Waals surface area (Å²) in [5, 5.41) is 14.5. The third kappa shape index (κ3) is 6.10. The van der Waals surface area contributed by atoms with E-state index in [9.17, 15) is 19.5 Å². The Bertz CT molecular complexity index is 555. The summed E-state index contributed by atoms with van der Waals surface area (Å²) in [5.74, 6) is -1.15. The van der Waals surface area contributed by atoms with Crippen LogP contribution in [-0.2, 0) is 20.8 Å². The van der Waals surface area contributed by atoms with E-state index < -0.39 is 12.0 Å². The van der Waals surface area contributed by atoms with Gasteiger partial charge in [-0.25, -0.2) is 4.79 Å². The molecule has 1 aliphatic rings. The molecule has 0 spiro atoms. The minimum atomic E-state index is -1.05. The first kappa shape index (κ1) is 17.0. The van der Waals surface area contributed by atoms with Crippen LogP contribution >= 0.6 is 0 Å². The molecule has 23 heavy (non-hydrogen) atoms. The summed E-state index contributed by atoms with van der Waals surface area (Å²) >= 11 is 0. The van der Waals surface area contributed by atoms with Crippen molar-refractivity contribution < 1.29 is 19.5 Å². The lowest BCUT2D eigenvalue weighted by Gasteiger charge is -2.14. The fourth-order valence-electron chi connectivity index (χ4n) is 2.27. The predicted octanol–water partition coefficient (Wildman–Crippen LogP) is 1.10. The Kier molecular flexibility index (Phi) is 6.14. The van der Waals surface area contributed by atoms with Crippen molar-refractivity contribution in [3.63, 3.8) is 0 Å². The highest BCUT2D eigenvalue weighted by molar-refractivity contribution is 5.84. The molecular weight excluding hydrogens is 296 g/mol. The van der Waals surface area contributed by atoms with Crippen molar-refractivity contribution >= 4 is 17.8 Å². The molecule has 1 fully saturated rings. The van der Waals surface area contributed by atoms with Crippen LogP contribution in [0.1, 0.15) is 31.2 Å². The van der Waals surface area contributed by atoms with E-state index in [1.54, 1.807) is 0 Å². The molecule has 124 valence electrons. The van der Waals surface area contributed by atoms with Crippen molar-refractivity contribution in [3.05, 3.63) is 35.9 Å². The lowest BCUT2D eigenvalue weighted by Crippen LogP contribution is -2.42. The van der Waals surface area contributed by atoms with Gasteiger partial charge in [-0.3, -0.25) is 9.59 Å². The maximum atomic E-state index is 11.9. The molecule has 0 heterocycles. The van der Waals surface area contributed by atoms with Crippen LogP contribution < -0.4 is 10.6 Å². The Labute approximate surface area is 135 Å². The SMILES string of the molecule is O=C(CCCNC(=O)C1CC1)NC(Cc1ccccc1)C(=O)O. The minimum absolute atomic E-state index is 0.0536. The Balaban J connectivity index is 1.70. The minimum Gasteiger partial charge on any atom is -0.480 e. The van der Waals surface area contributed by atoms with Crippen LogP contribution in [0.3, 0.4) is 0 Å². The lowest BCUT2D eigenvalue weighted by atomic mass is 10.1. The second-order valence-electron chi connectivity index (χ2n) is 5.82. The summed E-state index contributed by atoms with van der Waals surface area (Å²) in [4.78, 5) is 34.6. The molecule has 1 atom stereocenters. The maximum Gasteiger partial charge on any atom is 0.326 e. The zero-order valence-electron chi connectivity index (χ0n) is 13.0. The van der Waals surface area contributed by atoms with Gasteiger partial charge in [0, 0.05) is 25.3 Å². The van der Waals surface area contributed by atoms with E-state index in [2.05, 4.69) is 10.6 Å². The van der Waals surface area contributed by atoms with Crippen molar-refractivity contribution in [2.24, 2.45) is 5.92 Å². The molecule has 1 aliphatic carbocycles. The number of carboxylic acids is 1. The van der Waals surface area contributed by atoms with E-state index in [0.29, 0.717) is 13.0 Å². The number of carbonyl (C=O) groups is 3. The number of benzene rings is 1. The third-order valence-corrected chi connectivity index (χ3v) is 3.74. The first-order chi connectivity index (χ1) is 11.1. The Morgan fingerprint density at radius 1 is 1.17 bits per heavy atom. The van der Waals surface area contributed by atoms with Crippen LogP contribution in [0.5, 0.6) is 0 Å². The quantitative estimate of drug-likeness (QED) is 0.594. The van der Waals surface area contributed by atoms with Gasteiger partial charge in [-0.1, -0.05) is 30.3 Å². The monoisotopic (exact) mass is 318 g/mol. The molecule has 0 bridgehead atoms. The van der Waals surface area contributed by atoms with Crippen LogP contribution in [0, 0.1) is 5.92 Å². The molecule has 6 nitrogen and oxygen atoms in total. The van der Waals surface area contributed by atoms with Gasteiger partial charge in [0.1, 0.15) is 6.04 Å². The fraction of sp³-hybridized carbons (Fsp3) is 0.471. The second-order valence-corrected chi connectivity index (χ2v) is 5.82. The molecule has 2 amide bonds. The summed E-state index contributed by atoms with van der Waals surface area (Å²) in [5.41, 5.74) is 0.858. The molecule has 1 aromatic rings. The van der Waals surface area contributed by atoms with E-state index in [0.717, 1.165) is 18.4 Å². The number of carbonyl (C=O) groups excluding carboxylic acids is 2. The van der Waals surface area contributed by atoms with E-state index in [4.69, 9.17) is 0 Å². The van der Waals surface area contributed by atoms with Crippen LogP contribution in [0.4, 0.5) is 0 Å². The number of hydrogen-bond acceptors (Lipinski definition) is 3. The fourth-order valence-corrected chi connectivity index (χ4v) is 2.27. The summed E-state index contributed by atoms with van der Waals surface area (Å²) in [6.45, 7) is 0.444. The Morgan fingerprint density at radius 3 is 2.48 bits per heavy atom. The van der Waals surface area contributed by atoms with E-state index >= 15 is 0 Å². The average molecular weight is 318 g/mol. The second kappa shape index (κ2) is 8.31. The topological polar surface area (TPSA) is 95.5 Å². The van der Waals surface area contributed by atoms with Crippen molar-refractivity contribution in [3.8, 4) is 0 Å². The number of carboxylic acid groups (broad SMARTS) is 1. The van der Waals surface area contributed by atoms with Crippen LogP contribution in [-0.4, -0.2) is 35.5 Å². The van der Waals surface area contributed by atoms with Crippen molar-refractivity contribution in [1.29, 1.82) is 0 Å². The molecule has 0 saturated heterocycles. The summed E-state index contributed by atoms with van der Waals surface area (Å²) in [6.07, 6.45) is 2.85. The molecule has 3 N–H and O–H groups in total. The molecule has 6 heteroatoms. The molecule has 1 unspecified atom stereocenters. The van der Waals surface area contributed by atoms with Gasteiger partial charge in [0.2, 0.25) is 11.8 Å². The number of nitrogens with one attached hydrogen (secondary N) is 2. The van der Waals surface area contributed by atoms with Crippen molar-refractivity contribution in [2.75, 3.05) is 6.54 Å². The van der Waals surface area contributed by atoms with Gasteiger partial charge in [-0.2, -0.15) is 0 Å². The van der Waals surface area contributed by atoms with Gasteiger partial charge in [-0.15, -0.1) is 0 Å². The smallest absolute Gasteiger partial charge is 0.326 e. The Hall–Kier alpha value is -2.37. The maximum absolute atomic E-state index is 11.9. The van der Waals surface area contributed by atoms with E-state index in [-0.39, 0.29) is 30.6 Å². The van der Waals surface area contributed by atoms with Gasteiger partial charge in [-0.05, 0) is 24.8 Å². The van der Waals surface area contributed by atoms with Gasteiger partial charge >= 0.3 is 5.97 Å². The normalized spacial score (nSPS) is 14.8. The number of aliphatic carboxylic acids is 1. The zero-order valence-corrected chi connectivity index (χ0v) is 13.0. The molecular formula is C17H22N2O4. The predicted molar refractivity (Wildman–Crippen MR) is 84.7 cm³/mol. The van der Waals surface area contributed by atoms with Gasteiger partial charge < -0.3 is 15.7 Å². The Morgan fingerprint density at radius 2 is 1.87 bits per heavy atom. The van der Waals surface area contributed by atoms with Gasteiger partial charge in [0.15, 0.2) is 0 Å². The highest BCUT2D eigenvalue weighted by Gasteiger charge is 2.29. The van der Waals surface area contributed by atoms with E-state index in [1.807, 2.05) is 30.3 Å². The number of rotatable bonds is 9. The van der Waals surface area contributed by atoms with Crippen LogP contribution in [0.2, 0.25) is 0 Å². The molecule has 1 aromatic carbocycles. The lowest BCUT2D eigenvalue weighted by molar-refractivity contribution is -0.141. The number of hydrogen-bond donors (Lipinski definition) is 3. The summed E-state index contributed by atoms with van der Waals surface area (Å²) in [6, 6.07) is 8.24. The first-order valence-corrected chi connectivity index (χ1v) is 7.90. The van der Waals surface area contributed by atoms with Gasteiger partial charge in [0.05, 0.1) is 0 Å². The molecule has 0 radical (unpaired) electrons. The average Bonchev–Trinajstić information content (AvgIpc) is 3.36. The zero-order chi connectivity index (χ0) is 16.7. The largest absolute Gasteiger partial charge is 0.480 e. The van der Waals surface area contributed by atoms with E-state index in [1.165, 1.54) is 0 Å². The van der Waals surface area contributed by atoms with Crippen molar-refractivity contribution in [1.82, 2.24) is 10.6 Å². The summed E-state index contributed by atoms with van der Waals surface area (Å²) < 4.78 is 0. The molecule has 1 saturated carbocycles. The number of amides is 2. The molecule has 0 aromatic heterocycles.